The number of rotatable bonds is 6. The molecule has 6 nitrogen and oxygen atoms in total. The van der Waals surface area contributed by atoms with Gasteiger partial charge in [-0.15, -0.1) is 29.7 Å². The molecule has 16 rings (SSSR count). The first-order valence-corrected chi connectivity index (χ1v) is 29.7. The second kappa shape index (κ2) is 20.0. The molecule has 14 aromatic rings. The predicted molar refractivity (Wildman–Crippen MR) is 353 cm³/mol. The topological polar surface area (TPSA) is 40.8 Å². The predicted octanol–water partition coefficient (Wildman–Crippen LogP) is 19.9. The number of nitrogens with zero attached hydrogens (tertiary/aromatic N) is 5. The third kappa shape index (κ3) is 8.53. The van der Waals surface area contributed by atoms with Crippen LogP contribution in [-0.2, 0) is 37.3 Å². The monoisotopic (exact) mass is 1310 g/mol. The number of benzene rings is 10. The number of ether oxygens (including phenoxy) is 1. The van der Waals surface area contributed by atoms with E-state index in [0.717, 1.165) is 112 Å². The number of imidazole rings is 1. The molecule has 7 heteroatoms. The Kier molecular flexibility index (Phi) is 11.0. The van der Waals surface area contributed by atoms with Crippen LogP contribution in [0.25, 0.3) is 122 Å². The number of para-hydroxylation sites is 4. The molecule has 0 amide bonds. The standard InChI is InChI=1S/C80H65N5O.Pt/c1-49-21-18-22-50(2)75(49)51-41-65-64-47-67-66(79(6,7)38-39-80(67,8)9)46-63(64)57-26-11-10-25-56(57)62-30-20-34-71-76(62)83(77(65)73(42-51)84-68-31-15-12-27-58(68)59-28-13-16-32-69(59)84)48-82(71)53-23-19-24-54(44-53)86-55-35-36-61-60-29-14-17-33-70(60)85(72(61)45-55)74-43-52(37-40-81-74)78(3,4)5;/h10-37,40-43,46-47H,38-39H2,1-9H3;/q-2;/i1D3,2D3;. The maximum Gasteiger partial charge on any atom is 0.268 e. The van der Waals surface area contributed by atoms with Gasteiger partial charge in [0.15, 0.2) is 0 Å². The molecule has 0 fully saturated rings. The summed E-state index contributed by atoms with van der Waals surface area (Å²) in [6, 6.07) is 75.2. The Morgan fingerprint density at radius 3 is 1.76 bits per heavy atom. The van der Waals surface area contributed by atoms with Crippen LogP contribution in [0.3, 0.4) is 0 Å². The van der Waals surface area contributed by atoms with Crippen LogP contribution in [0.2, 0.25) is 0 Å². The number of hydrogen-bond acceptors (Lipinski definition) is 2. The van der Waals surface area contributed by atoms with Crippen LogP contribution in [0.1, 0.15) is 97.3 Å². The first-order chi connectivity index (χ1) is 44.0. The summed E-state index contributed by atoms with van der Waals surface area (Å²) in [4.78, 5) is 4.92. The van der Waals surface area contributed by atoms with E-state index in [2.05, 4.69) is 225 Å². The first kappa shape index (κ1) is 48.1. The molecule has 1 aliphatic heterocycles. The SMILES string of the molecule is [2H]C([2H])([2H])c1cccc(C([2H])([2H])[2H])c1-c1cc2c(c(-n3c4ccccc4c4ccccc43)c1)-[n+]1[c-]n(-c3[c-]c(Oc4[c-]c5c(cc4)c4ccccc4n5-c4cc(C(C)(C)C)ccn4)ccc3)c3cccc(c31)-c1ccccc1-c1cc3c(cc1-2)C(C)(C)CCC3(C)C.[Pt]. The average Bonchev–Trinajstić information content (AvgIpc) is 1.65. The molecule has 0 unspecified atom stereocenters. The molecule has 4 aromatic heterocycles. The molecule has 5 heterocycles. The maximum atomic E-state index is 9.09. The van der Waals surface area contributed by atoms with Crippen LogP contribution < -0.4 is 9.30 Å². The van der Waals surface area contributed by atoms with E-state index in [0.29, 0.717) is 28.4 Å². The van der Waals surface area contributed by atoms with E-state index in [9.17, 15) is 0 Å². The van der Waals surface area contributed by atoms with Crippen LogP contribution in [0.15, 0.2) is 206 Å². The summed E-state index contributed by atoms with van der Waals surface area (Å²) in [5, 5.41) is 4.16. The quantitative estimate of drug-likeness (QED) is 0.123. The summed E-state index contributed by atoms with van der Waals surface area (Å²) in [6.45, 7) is 10.6. The fourth-order valence-corrected chi connectivity index (χ4v) is 14.1. The zero-order chi connectivity index (χ0) is 63.5. The minimum absolute atomic E-state index is 0. The van der Waals surface area contributed by atoms with Gasteiger partial charge in [-0.05, 0) is 175 Å². The molecule has 0 bridgehead atoms. The molecule has 0 atom stereocenters. The summed E-state index contributed by atoms with van der Waals surface area (Å²) < 4.78 is 70.1. The molecular weight excluding hydrogens is 1240 g/mol. The van der Waals surface area contributed by atoms with Gasteiger partial charge >= 0.3 is 0 Å². The number of aromatic nitrogens is 5. The van der Waals surface area contributed by atoms with E-state index in [-0.39, 0.29) is 54.0 Å². The summed E-state index contributed by atoms with van der Waals surface area (Å²) in [7, 11) is 0. The van der Waals surface area contributed by atoms with Gasteiger partial charge in [0, 0.05) is 63.3 Å². The molecule has 0 saturated carbocycles. The Morgan fingerprint density at radius 1 is 0.529 bits per heavy atom. The molecule has 10 aromatic carbocycles. The fourth-order valence-electron chi connectivity index (χ4n) is 14.1. The van der Waals surface area contributed by atoms with Gasteiger partial charge in [-0.25, -0.2) is 4.98 Å². The van der Waals surface area contributed by atoms with Crippen molar-refractivity contribution in [2.45, 2.75) is 91.3 Å². The first-order valence-electron chi connectivity index (χ1n) is 32.7. The molecule has 0 N–H and O–H groups in total. The smallest absolute Gasteiger partial charge is 0.268 e. The zero-order valence-corrected chi connectivity index (χ0v) is 51.8. The molecule has 428 valence electrons. The average molecular weight is 1310 g/mol. The number of aryl methyl sites for hydroxylation is 2. The van der Waals surface area contributed by atoms with Crippen LogP contribution in [0, 0.1) is 32.2 Å². The van der Waals surface area contributed by atoms with Crippen molar-refractivity contribution in [1.29, 1.82) is 0 Å². The van der Waals surface area contributed by atoms with E-state index in [1.54, 1.807) is 18.2 Å². The van der Waals surface area contributed by atoms with Crippen molar-refractivity contribution in [3.8, 4) is 78.9 Å². The van der Waals surface area contributed by atoms with Gasteiger partial charge in [0.1, 0.15) is 5.82 Å². The third-order valence-electron chi connectivity index (χ3n) is 18.6. The van der Waals surface area contributed by atoms with Crippen molar-refractivity contribution < 1.29 is 38.6 Å². The molecular formula is C80H65N5OPt-2. The van der Waals surface area contributed by atoms with E-state index < -0.39 is 13.7 Å². The normalized spacial score (nSPS) is 15.3. The third-order valence-corrected chi connectivity index (χ3v) is 18.6. The van der Waals surface area contributed by atoms with Crippen molar-refractivity contribution >= 4 is 54.6 Å². The Morgan fingerprint density at radius 2 is 1.09 bits per heavy atom. The summed E-state index contributed by atoms with van der Waals surface area (Å²) in [6.07, 6.45) is 7.84. The molecule has 1 aliphatic carbocycles. The Labute approximate surface area is 531 Å². The largest absolute Gasteiger partial charge is 0.510 e. The van der Waals surface area contributed by atoms with Gasteiger partial charge in [-0.3, -0.25) is 4.57 Å². The Bertz CT molecular complexity index is 5340. The summed E-state index contributed by atoms with van der Waals surface area (Å²) in [5.74, 6) is 1.77. The van der Waals surface area contributed by atoms with Crippen molar-refractivity contribution in [2.24, 2.45) is 0 Å². The van der Waals surface area contributed by atoms with Crippen molar-refractivity contribution in [2.75, 3.05) is 0 Å². The van der Waals surface area contributed by atoms with Crippen LogP contribution in [-0.4, -0.2) is 18.7 Å². The van der Waals surface area contributed by atoms with Crippen LogP contribution in [0.5, 0.6) is 11.5 Å². The minimum atomic E-state index is -2.68. The summed E-state index contributed by atoms with van der Waals surface area (Å²) in [5.41, 5.74) is 16.9. The van der Waals surface area contributed by atoms with Crippen molar-refractivity contribution in [3.63, 3.8) is 0 Å². The fraction of sp³-hybridized carbons (Fsp3) is 0.175. The molecule has 0 saturated heterocycles. The second-order valence-electron chi connectivity index (χ2n) is 25.8. The maximum absolute atomic E-state index is 9.09. The van der Waals surface area contributed by atoms with Gasteiger partial charge in [0.25, 0.3) is 6.33 Å². The van der Waals surface area contributed by atoms with Gasteiger partial charge in [-0.2, -0.15) is 18.2 Å². The minimum Gasteiger partial charge on any atom is -0.510 e. The zero-order valence-electron chi connectivity index (χ0n) is 55.5. The Hall–Kier alpha value is -9.09. The summed E-state index contributed by atoms with van der Waals surface area (Å²) >= 11 is 0. The van der Waals surface area contributed by atoms with Crippen LogP contribution in [0.4, 0.5) is 0 Å². The van der Waals surface area contributed by atoms with Gasteiger partial charge in [0.2, 0.25) is 0 Å². The number of fused-ring (bicyclic) bond motifs is 14. The molecule has 87 heavy (non-hydrogen) atoms. The molecule has 0 radical (unpaired) electrons. The van der Waals surface area contributed by atoms with E-state index >= 15 is 0 Å². The van der Waals surface area contributed by atoms with Crippen LogP contribution >= 0.6 is 0 Å². The van der Waals surface area contributed by atoms with Gasteiger partial charge < -0.3 is 18.4 Å². The Balaban J connectivity index is 0.00000716. The molecule has 2 aliphatic rings. The van der Waals surface area contributed by atoms with E-state index in [4.69, 9.17) is 17.9 Å². The second-order valence-corrected chi connectivity index (χ2v) is 25.8. The van der Waals surface area contributed by atoms with E-state index in [1.807, 2.05) is 48.7 Å². The van der Waals surface area contributed by atoms with Crippen molar-refractivity contribution in [1.82, 2.24) is 18.7 Å². The van der Waals surface area contributed by atoms with Crippen molar-refractivity contribution in [3.05, 3.63) is 253 Å². The van der Waals surface area contributed by atoms with E-state index in [1.165, 1.54) is 16.7 Å². The molecule has 0 spiro atoms. The number of pyridine rings is 1. The van der Waals surface area contributed by atoms with Gasteiger partial charge in [-0.1, -0.05) is 175 Å². The number of hydrogen-bond donors (Lipinski definition) is 0. The van der Waals surface area contributed by atoms with Gasteiger partial charge in [0.05, 0.1) is 33.4 Å².